The van der Waals surface area contributed by atoms with Crippen molar-refractivity contribution in [1.82, 2.24) is 15.3 Å². The van der Waals surface area contributed by atoms with Crippen molar-refractivity contribution < 1.29 is 13.2 Å². The molecule has 1 aliphatic heterocycles. The van der Waals surface area contributed by atoms with Gasteiger partial charge in [0.15, 0.2) is 9.84 Å². The summed E-state index contributed by atoms with van der Waals surface area (Å²) in [5.74, 6) is 0.359. The van der Waals surface area contributed by atoms with Crippen LogP contribution in [-0.2, 0) is 9.84 Å². The summed E-state index contributed by atoms with van der Waals surface area (Å²) < 4.78 is 22.8. The average Bonchev–Trinajstić information content (AvgIpc) is 2.88. The Morgan fingerprint density at radius 3 is 2.43 bits per heavy atom. The lowest BCUT2D eigenvalue weighted by Gasteiger charge is -2.11. The van der Waals surface area contributed by atoms with E-state index in [-0.39, 0.29) is 23.5 Å². The summed E-state index contributed by atoms with van der Waals surface area (Å²) >= 11 is 0. The standard InChI is InChI=1S/C15H16N4O3S/c20-14(18-13-6-9-23(21,22)10-13)11-2-4-12(5-3-11)19-15-16-7-1-8-17-15/h1-5,7-8,13H,6,9-10H2,(H,18,20)(H,16,17,19)/t13-/m1/s1. The smallest absolute Gasteiger partial charge is 0.251 e. The number of carbonyl (C=O) groups is 1. The third kappa shape index (κ3) is 4.04. The van der Waals surface area contributed by atoms with Gasteiger partial charge in [0, 0.05) is 29.7 Å². The molecule has 7 nitrogen and oxygen atoms in total. The molecule has 0 saturated carbocycles. The molecule has 3 rings (SSSR count). The van der Waals surface area contributed by atoms with Crippen LogP contribution in [0.5, 0.6) is 0 Å². The third-order valence-corrected chi connectivity index (χ3v) is 5.30. The topological polar surface area (TPSA) is 101 Å². The van der Waals surface area contributed by atoms with Gasteiger partial charge >= 0.3 is 0 Å². The average molecular weight is 332 g/mol. The molecule has 1 fully saturated rings. The summed E-state index contributed by atoms with van der Waals surface area (Å²) in [6, 6.07) is 8.26. The van der Waals surface area contributed by atoms with E-state index < -0.39 is 9.84 Å². The zero-order chi connectivity index (χ0) is 16.3. The Balaban J connectivity index is 1.62. The van der Waals surface area contributed by atoms with Gasteiger partial charge in [-0.05, 0) is 36.8 Å². The van der Waals surface area contributed by atoms with Crippen LogP contribution in [0.4, 0.5) is 11.6 Å². The van der Waals surface area contributed by atoms with Gasteiger partial charge in [-0.1, -0.05) is 0 Å². The highest BCUT2D eigenvalue weighted by molar-refractivity contribution is 7.91. The van der Waals surface area contributed by atoms with Gasteiger partial charge in [-0.2, -0.15) is 0 Å². The Labute approximate surface area is 134 Å². The Kier molecular flexibility index (Phi) is 4.24. The predicted octanol–water partition coefficient (Wildman–Crippen LogP) is 1.14. The van der Waals surface area contributed by atoms with Gasteiger partial charge in [-0.3, -0.25) is 4.79 Å². The molecule has 1 saturated heterocycles. The van der Waals surface area contributed by atoms with E-state index in [2.05, 4.69) is 20.6 Å². The number of anilines is 2. The van der Waals surface area contributed by atoms with Crippen molar-refractivity contribution >= 4 is 27.4 Å². The van der Waals surface area contributed by atoms with Gasteiger partial charge in [0.2, 0.25) is 5.95 Å². The fraction of sp³-hybridized carbons (Fsp3) is 0.267. The number of hydrogen-bond acceptors (Lipinski definition) is 6. The van der Waals surface area contributed by atoms with Gasteiger partial charge in [0.1, 0.15) is 0 Å². The van der Waals surface area contributed by atoms with E-state index in [1.807, 2.05) is 0 Å². The Morgan fingerprint density at radius 2 is 1.83 bits per heavy atom. The second-order valence-electron chi connectivity index (χ2n) is 5.35. The highest BCUT2D eigenvalue weighted by Gasteiger charge is 2.29. The first-order valence-corrected chi connectivity index (χ1v) is 8.99. The van der Waals surface area contributed by atoms with E-state index in [0.29, 0.717) is 17.9 Å². The molecule has 0 unspecified atom stereocenters. The first-order chi connectivity index (χ1) is 11.0. The number of aromatic nitrogens is 2. The summed E-state index contributed by atoms with van der Waals surface area (Å²) in [5, 5.41) is 5.78. The second kappa shape index (κ2) is 6.33. The van der Waals surface area contributed by atoms with E-state index in [1.54, 1.807) is 42.7 Å². The summed E-state index contributed by atoms with van der Waals surface area (Å²) in [7, 11) is -3.00. The Hall–Kier alpha value is -2.48. The number of nitrogens with zero attached hydrogens (tertiary/aromatic N) is 2. The van der Waals surface area contributed by atoms with E-state index in [0.717, 1.165) is 5.69 Å². The number of benzene rings is 1. The zero-order valence-electron chi connectivity index (χ0n) is 12.3. The van der Waals surface area contributed by atoms with E-state index in [4.69, 9.17) is 0 Å². The van der Waals surface area contributed by atoms with Crippen LogP contribution >= 0.6 is 0 Å². The number of nitrogens with one attached hydrogen (secondary N) is 2. The molecule has 120 valence electrons. The number of hydrogen-bond donors (Lipinski definition) is 2. The van der Waals surface area contributed by atoms with Crippen molar-refractivity contribution in [3.05, 3.63) is 48.3 Å². The van der Waals surface area contributed by atoms with Gasteiger partial charge < -0.3 is 10.6 Å². The molecule has 2 heterocycles. The molecule has 0 aliphatic carbocycles. The summed E-state index contributed by atoms with van der Waals surface area (Å²) in [5.41, 5.74) is 1.24. The monoisotopic (exact) mass is 332 g/mol. The van der Waals surface area contributed by atoms with E-state index in [9.17, 15) is 13.2 Å². The van der Waals surface area contributed by atoms with Crippen LogP contribution in [0.15, 0.2) is 42.7 Å². The minimum Gasteiger partial charge on any atom is -0.348 e. The van der Waals surface area contributed by atoms with Crippen LogP contribution < -0.4 is 10.6 Å². The Morgan fingerprint density at radius 1 is 1.13 bits per heavy atom. The van der Waals surface area contributed by atoms with Crippen molar-refractivity contribution in [2.75, 3.05) is 16.8 Å². The quantitative estimate of drug-likeness (QED) is 0.870. The maximum Gasteiger partial charge on any atom is 0.251 e. The van der Waals surface area contributed by atoms with Gasteiger partial charge in [0.05, 0.1) is 11.5 Å². The van der Waals surface area contributed by atoms with Crippen LogP contribution in [0, 0.1) is 0 Å². The lowest BCUT2D eigenvalue weighted by molar-refractivity contribution is 0.0941. The molecule has 2 N–H and O–H groups in total. The lowest BCUT2D eigenvalue weighted by Crippen LogP contribution is -2.35. The number of rotatable bonds is 4. The fourth-order valence-corrected chi connectivity index (χ4v) is 4.05. The van der Waals surface area contributed by atoms with Crippen LogP contribution in [-0.4, -0.2) is 41.8 Å². The molecule has 1 aromatic carbocycles. The molecule has 0 spiro atoms. The normalized spacial score (nSPS) is 19.2. The molecule has 1 aromatic heterocycles. The molecule has 1 amide bonds. The molecule has 2 aromatic rings. The first-order valence-electron chi connectivity index (χ1n) is 7.17. The number of amides is 1. The molecular formula is C15H16N4O3S. The van der Waals surface area contributed by atoms with Crippen LogP contribution in [0.2, 0.25) is 0 Å². The summed E-state index contributed by atoms with van der Waals surface area (Å²) in [6.45, 7) is 0. The fourth-order valence-electron chi connectivity index (χ4n) is 2.38. The maximum atomic E-state index is 12.1. The summed E-state index contributed by atoms with van der Waals surface area (Å²) in [6.07, 6.45) is 3.73. The largest absolute Gasteiger partial charge is 0.348 e. The molecule has 1 aliphatic rings. The van der Waals surface area contributed by atoms with Gasteiger partial charge in [-0.15, -0.1) is 0 Å². The highest BCUT2D eigenvalue weighted by Crippen LogP contribution is 2.15. The minimum absolute atomic E-state index is 0.0176. The highest BCUT2D eigenvalue weighted by atomic mass is 32.2. The number of sulfone groups is 1. The lowest BCUT2D eigenvalue weighted by atomic mass is 10.1. The number of carbonyl (C=O) groups excluding carboxylic acids is 1. The van der Waals surface area contributed by atoms with Crippen molar-refractivity contribution in [3.8, 4) is 0 Å². The van der Waals surface area contributed by atoms with Gasteiger partial charge in [-0.25, -0.2) is 18.4 Å². The van der Waals surface area contributed by atoms with Crippen molar-refractivity contribution in [2.24, 2.45) is 0 Å². The molecule has 0 radical (unpaired) electrons. The second-order valence-corrected chi connectivity index (χ2v) is 7.58. The zero-order valence-corrected chi connectivity index (χ0v) is 13.1. The van der Waals surface area contributed by atoms with Crippen molar-refractivity contribution in [3.63, 3.8) is 0 Å². The third-order valence-electron chi connectivity index (χ3n) is 3.54. The molecule has 1 atom stereocenters. The molecule has 8 heteroatoms. The molecular weight excluding hydrogens is 316 g/mol. The van der Waals surface area contributed by atoms with Crippen molar-refractivity contribution in [2.45, 2.75) is 12.5 Å². The first kappa shape index (κ1) is 15.4. The Bertz CT molecular complexity index is 791. The van der Waals surface area contributed by atoms with Crippen LogP contribution in [0.3, 0.4) is 0 Å². The van der Waals surface area contributed by atoms with Gasteiger partial charge in [0.25, 0.3) is 5.91 Å². The van der Waals surface area contributed by atoms with Crippen LogP contribution in [0.1, 0.15) is 16.8 Å². The minimum atomic E-state index is -3.00. The SMILES string of the molecule is O=C(N[C@@H]1CCS(=O)(=O)C1)c1ccc(Nc2ncccn2)cc1. The summed E-state index contributed by atoms with van der Waals surface area (Å²) in [4.78, 5) is 20.2. The predicted molar refractivity (Wildman–Crippen MR) is 86.3 cm³/mol. The van der Waals surface area contributed by atoms with E-state index >= 15 is 0 Å². The molecule has 23 heavy (non-hydrogen) atoms. The van der Waals surface area contributed by atoms with E-state index in [1.165, 1.54) is 0 Å². The molecule has 0 bridgehead atoms. The van der Waals surface area contributed by atoms with Crippen LogP contribution in [0.25, 0.3) is 0 Å². The van der Waals surface area contributed by atoms with Crippen molar-refractivity contribution in [1.29, 1.82) is 0 Å². The maximum absolute atomic E-state index is 12.1.